The lowest BCUT2D eigenvalue weighted by atomic mass is 10.0. The summed E-state index contributed by atoms with van der Waals surface area (Å²) in [5.41, 5.74) is -1.56. The molecule has 0 aromatic heterocycles. The summed E-state index contributed by atoms with van der Waals surface area (Å²) in [5, 5.41) is 5.39. The first kappa shape index (κ1) is 19.8. The van der Waals surface area contributed by atoms with Crippen LogP contribution >= 0.6 is 0 Å². The zero-order valence-corrected chi connectivity index (χ0v) is 14.9. The number of nitrogens with one attached hydrogen (secondary N) is 2. The van der Waals surface area contributed by atoms with Gasteiger partial charge in [-0.05, 0) is 39.8 Å². The SMILES string of the molecule is CC(C)Nc1cc(F)c(C(=O)c2cc(F)c(NC(C)C)cc2F)cc1F. The molecule has 0 atom stereocenters. The molecule has 0 aliphatic rings. The van der Waals surface area contributed by atoms with Crippen LogP contribution in [0, 0.1) is 23.3 Å². The monoisotopic (exact) mass is 368 g/mol. The standard InChI is InChI=1S/C19H20F4N2O/c1-9(2)24-17-7-13(20)11(5-15(17)22)19(26)12-6-16(23)18(8-14(12)21)25-10(3)4/h5-10,24-25H,1-4H3. The second kappa shape index (κ2) is 7.76. The van der Waals surface area contributed by atoms with Crippen LogP contribution in [-0.4, -0.2) is 17.9 Å². The average molecular weight is 368 g/mol. The summed E-state index contributed by atoms with van der Waals surface area (Å²) >= 11 is 0. The molecule has 0 spiro atoms. The Morgan fingerprint density at radius 3 is 1.35 bits per heavy atom. The Morgan fingerprint density at radius 2 is 1.04 bits per heavy atom. The Labute approximate surface area is 149 Å². The number of ketones is 1. The van der Waals surface area contributed by atoms with Gasteiger partial charge in [0.1, 0.15) is 23.3 Å². The molecule has 0 fully saturated rings. The van der Waals surface area contributed by atoms with Gasteiger partial charge in [0.25, 0.3) is 0 Å². The molecule has 26 heavy (non-hydrogen) atoms. The van der Waals surface area contributed by atoms with Crippen LogP contribution in [0.25, 0.3) is 0 Å². The lowest BCUT2D eigenvalue weighted by Gasteiger charge is -2.14. The van der Waals surface area contributed by atoms with Crippen molar-refractivity contribution >= 4 is 17.2 Å². The van der Waals surface area contributed by atoms with E-state index >= 15 is 0 Å². The fourth-order valence-electron chi connectivity index (χ4n) is 2.43. The summed E-state index contributed by atoms with van der Waals surface area (Å²) < 4.78 is 56.7. The fourth-order valence-corrected chi connectivity index (χ4v) is 2.43. The summed E-state index contributed by atoms with van der Waals surface area (Å²) in [5.74, 6) is -4.90. The molecule has 0 bridgehead atoms. The van der Waals surface area contributed by atoms with Gasteiger partial charge < -0.3 is 10.6 Å². The van der Waals surface area contributed by atoms with Gasteiger partial charge in [-0.1, -0.05) is 0 Å². The molecule has 2 N–H and O–H groups in total. The Morgan fingerprint density at radius 1 is 0.692 bits per heavy atom. The van der Waals surface area contributed by atoms with Crippen molar-refractivity contribution in [2.45, 2.75) is 39.8 Å². The highest BCUT2D eigenvalue weighted by atomic mass is 19.1. The Hall–Kier alpha value is -2.57. The molecular weight excluding hydrogens is 348 g/mol. The van der Waals surface area contributed by atoms with E-state index in [1.165, 1.54) is 0 Å². The molecule has 0 amide bonds. The topological polar surface area (TPSA) is 41.1 Å². The number of hydrogen-bond acceptors (Lipinski definition) is 3. The molecule has 2 rings (SSSR count). The second-order valence-electron chi connectivity index (χ2n) is 6.55. The molecule has 3 nitrogen and oxygen atoms in total. The highest BCUT2D eigenvalue weighted by Gasteiger charge is 2.22. The van der Waals surface area contributed by atoms with Gasteiger partial charge >= 0.3 is 0 Å². The van der Waals surface area contributed by atoms with Crippen LogP contribution < -0.4 is 10.6 Å². The molecule has 0 saturated heterocycles. The molecule has 2 aromatic rings. The van der Waals surface area contributed by atoms with Gasteiger partial charge in [0.05, 0.1) is 22.5 Å². The maximum absolute atomic E-state index is 14.2. The van der Waals surface area contributed by atoms with Gasteiger partial charge in [-0.15, -0.1) is 0 Å². The Bertz CT molecular complexity index is 767. The quantitative estimate of drug-likeness (QED) is 0.550. The molecule has 0 unspecified atom stereocenters. The number of rotatable bonds is 6. The first-order chi connectivity index (χ1) is 12.1. The van der Waals surface area contributed by atoms with Crippen LogP contribution in [0.3, 0.4) is 0 Å². The van der Waals surface area contributed by atoms with Crippen molar-refractivity contribution in [2.75, 3.05) is 10.6 Å². The van der Waals surface area contributed by atoms with Crippen LogP contribution in [0.1, 0.15) is 43.6 Å². The smallest absolute Gasteiger partial charge is 0.199 e. The lowest BCUT2D eigenvalue weighted by molar-refractivity contribution is 0.103. The number of carbonyl (C=O) groups is 1. The van der Waals surface area contributed by atoms with Gasteiger partial charge in [0.15, 0.2) is 5.78 Å². The number of anilines is 2. The van der Waals surface area contributed by atoms with Crippen LogP contribution in [0.15, 0.2) is 24.3 Å². The molecule has 0 heterocycles. The van der Waals surface area contributed by atoms with Gasteiger partial charge in [0, 0.05) is 24.2 Å². The van der Waals surface area contributed by atoms with E-state index in [4.69, 9.17) is 0 Å². The summed E-state index contributed by atoms with van der Waals surface area (Å²) in [6.45, 7) is 6.95. The van der Waals surface area contributed by atoms with E-state index in [9.17, 15) is 22.4 Å². The van der Waals surface area contributed by atoms with E-state index in [1.807, 2.05) is 0 Å². The molecule has 0 aliphatic heterocycles. The van der Waals surface area contributed by atoms with Crippen LogP contribution in [0.5, 0.6) is 0 Å². The Balaban J connectivity index is 2.43. The summed E-state index contributed by atoms with van der Waals surface area (Å²) in [7, 11) is 0. The molecule has 140 valence electrons. The highest BCUT2D eigenvalue weighted by Crippen LogP contribution is 2.26. The molecule has 0 aliphatic carbocycles. The molecule has 7 heteroatoms. The van der Waals surface area contributed by atoms with Crippen molar-refractivity contribution in [3.05, 3.63) is 58.7 Å². The highest BCUT2D eigenvalue weighted by molar-refractivity contribution is 6.09. The van der Waals surface area contributed by atoms with E-state index in [2.05, 4.69) is 10.6 Å². The summed E-state index contributed by atoms with van der Waals surface area (Å²) in [6, 6.07) is 2.70. The van der Waals surface area contributed by atoms with E-state index in [1.54, 1.807) is 27.7 Å². The van der Waals surface area contributed by atoms with E-state index in [-0.39, 0.29) is 23.5 Å². The third-order valence-electron chi connectivity index (χ3n) is 3.49. The lowest BCUT2D eigenvalue weighted by Crippen LogP contribution is -2.15. The van der Waals surface area contributed by atoms with E-state index < -0.39 is 40.2 Å². The minimum atomic E-state index is -1.13. The zero-order chi connectivity index (χ0) is 19.6. The van der Waals surface area contributed by atoms with Gasteiger partial charge in [-0.25, -0.2) is 17.6 Å². The summed E-state index contributed by atoms with van der Waals surface area (Å²) in [6.07, 6.45) is 0. The number of benzene rings is 2. The number of halogens is 4. The van der Waals surface area contributed by atoms with Gasteiger partial charge in [-0.2, -0.15) is 0 Å². The molecule has 0 radical (unpaired) electrons. The van der Waals surface area contributed by atoms with Crippen LogP contribution in [-0.2, 0) is 0 Å². The largest absolute Gasteiger partial charge is 0.380 e. The van der Waals surface area contributed by atoms with Crippen molar-refractivity contribution < 1.29 is 22.4 Å². The third kappa shape index (κ3) is 4.33. The first-order valence-electron chi connectivity index (χ1n) is 8.16. The van der Waals surface area contributed by atoms with Crippen LogP contribution in [0.4, 0.5) is 28.9 Å². The van der Waals surface area contributed by atoms with Crippen molar-refractivity contribution in [1.29, 1.82) is 0 Å². The van der Waals surface area contributed by atoms with Gasteiger partial charge in [-0.3, -0.25) is 4.79 Å². The second-order valence-corrected chi connectivity index (χ2v) is 6.55. The molecule has 2 aromatic carbocycles. The molecular formula is C19H20F4N2O. The minimum absolute atomic E-state index is 0.114. The third-order valence-corrected chi connectivity index (χ3v) is 3.49. The maximum Gasteiger partial charge on any atom is 0.199 e. The van der Waals surface area contributed by atoms with Gasteiger partial charge in [0.2, 0.25) is 0 Å². The van der Waals surface area contributed by atoms with E-state index in [0.29, 0.717) is 12.1 Å². The van der Waals surface area contributed by atoms with Crippen molar-refractivity contribution in [3.63, 3.8) is 0 Å². The minimum Gasteiger partial charge on any atom is -0.380 e. The van der Waals surface area contributed by atoms with Crippen LogP contribution in [0.2, 0.25) is 0 Å². The normalized spacial score (nSPS) is 11.2. The number of hydrogen-bond donors (Lipinski definition) is 2. The fraction of sp³-hybridized carbons (Fsp3) is 0.316. The Kier molecular flexibility index (Phi) is 5.90. The first-order valence-corrected chi connectivity index (χ1v) is 8.16. The predicted octanol–water partition coefficient (Wildman–Crippen LogP) is 5.11. The number of carbonyl (C=O) groups excluding carboxylic acids is 1. The molecule has 0 saturated carbocycles. The zero-order valence-electron chi connectivity index (χ0n) is 14.9. The van der Waals surface area contributed by atoms with Crippen molar-refractivity contribution in [3.8, 4) is 0 Å². The van der Waals surface area contributed by atoms with Crippen molar-refractivity contribution in [1.82, 2.24) is 0 Å². The maximum atomic E-state index is 14.2. The van der Waals surface area contributed by atoms with E-state index in [0.717, 1.165) is 12.1 Å². The predicted molar refractivity (Wildman–Crippen MR) is 93.7 cm³/mol. The van der Waals surface area contributed by atoms with Crippen molar-refractivity contribution in [2.24, 2.45) is 0 Å². The summed E-state index contributed by atoms with van der Waals surface area (Å²) in [4.78, 5) is 12.4. The average Bonchev–Trinajstić information content (AvgIpc) is 2.52.